The Hall–Kier alpha value is -2.04. The molecule has 1 aromatic rings. The van der Waals surface area contributed by atoms with Crippen LogP contribution in [0.1, 0.15) is 38.5 Å². The van der Waals surface area contributed by atoms with E-state index >= 15 is 0 Å². The summed E-state index contributed by atoms with van der Waals surface area (Å²) in [6.07, 6.45) is 6.80. The molecule has 130 valence electrons. The van der Waals surface area contributed by atoms with E-state index in [1.165, 1.54) is 25.7 Å². The first kappa shape index (κ1) is 16.8. The Morgan fingerprint density at radius 2 is 1.79 bits per heavy atom. The number of carbonyl (C=O) groups excluding carboxylic acids is 2. The number of hydrogen-bond acceptors (Lipinski definition) is 2. The molecule has 1 aromatic carbocycles. The average Bonchev–Trinajstić information content (AvgIpc) is 2.62. The van der Waals surface area contributed by atoms with Gasteiger partial charge in [0.05, 0.1) is 0 Å². The van der Waals surface area contributed by atoms with Crippen molar-refractivity contribution in [2.75, 3.05) is 25.0 Å². The SMILES string of the molecule is O=C(NCCC(=O)N1CC[C@H]2CCCC[C@@H]2C1)Nc1ccccc1. The molecule has 1 aliphatic heterocycles. The zero-order valence-corrected chi connectivity index (χ0v) is 14.2. The lowest BCUT2D eigenvalue weighted by molar-refractivity contribution is -0.134. The fraction of sp³-hybridized carbons (Fsp3) is 0.579. The van der Waals surface area contributed by atoms with Gasteiger partial charge in [0.1, 0.15) is 0 Å². The number of fused-ring (bicyclic) bond motifs is 1. The van der Waals surface area contributed by atoms with Gasteiger partial charge in [0, 0.05) is 31.7 Å². The fourth-order valence-corrected chi connectivity index (χ4v) is 3.97. The van der Waals surface area contributed by atoms with Gasteiger partial charge in [-0.25, -0.2) is 4.79 Å². The fourth-order valence-electron chi connectivity index (χ4n) is 3.97. The standard InChI is InChI=1S/C19H27N3O2/c23-18(22-13-11-15-6-4-5-7-16(15)14-22)10-12-20-19(24)21-17-8-2-1-3-9-17/h1-3,8-9,15-16H,4-7,10-14H2,(H2,20,21,24)/t15-,16-/m1/s1. The summed E-state index contributed by atoms with van der Waals surface area (Å²) in [6.45, 7) is 2.18. The molecule has 1 heterocycles. The molecule has 2 fully saturated rings. The van der Waals surface area contributed by atoms with Crippen molar-refractivity contribution in [3.8, 4) is 0 Å². The van der Waals surface area contributed by atoms with Gasteiger partial charge in [-0.2, -0.15) is 0 Å². The molecular formula is C19H27N3O2. The Balaban J connectivity index is 1.37. The van der Waals surface area contributed by atoms with Gasteiger partial charge in [-0.3, -0.25) is 4.79 Å². The van der Waals surface area contributed by atoms with Crippen LogP contribution in [0.5, 0.6) is 0 Å². The van der Waals surface area contributed by atoms with Crippen LogP contribution in [-0.4, -0.2) is 36.5 Å². The third-order valence-corrected chi connectivity index (χ3v) is 5.30. The maximum atomic E-state index is 12.4. The van der Waals surface area contributed by atoms with Crippen LogP contribution < -0.4 is 10.6 Å². The number of piperidine rings is 1. The van der Waals surface area contributed by atoms with Gasteiger partial charge in [0.2, 0.25) is 5.91 Å². The predicted octanol–water partition coefficient (Wildman–Crippen LogP) is 3.24. The Labute approximate surface area is 143 Å². The van der Waals surface area contributed by atoms with Crippen molar-refractivity contribution < 1.29 is 9.59 Å². The molecule has 3 rings (SSSR count). The van der Waals surface area contributed by atoms with Crippen LogP contribution in [0.2, 0.25) is 0 Å². The van der Waals surface area contributed by atoms with E-state index in [2.05, 4.69) is 10.6 Å². The highest BCUT2D eigenvalue weighted by Gasteiger charge is 2.32. The molecular weight excluding hydrogens is 302 g/mol. The molecule has 3 amide bonds. The summed E-state index contributed by atoms with van der Waals surface area (Å²) in [7, 11) is 0. The third kappa shape index (κ3) is 4.49. The topological polar surface area (TPSA) is 61.4 Å². The molecule has 0 bridgehead atoms. The molecule has 0 aromatic heterocycles. The second-order valence-electron chi connectivity index (χ2n) is 6.93. The first-order chi connectivity index (χ1) is 11.7. The second-order valence-corrected chi connectivity index (χ2v) is 6.93. The van der Waals surface area contributed by atoms with E-state index in [-0.39, 0.29) is 11.9 Å². The molecule has 1 saturated heterocycles. The maximum Gasteiger partial charge on any atom is 0.319 e. The maximum absolute atomic E-state index is 12.4. The summed E-state index contributed by atoms with van der Waals surface area (Å²) in [6, 6.07) is 9.04. The molecule has 2 aliphatic rings. The number of anilines is 1. The highest BCUT2D eigenvalue weighted by Crippen LogP contribution is 2.36. The molecule has 2 N–H and O–H groups in total. The van der Waals surface area contributed by atoms with Crippen LogP contribution in [0.15, 0.2) is 30.3 Å². The van der Waals surface area contributed by atoms with Crippen LogP contribution in [-0.2, 0) is 4.79 Å². The number of rotatable bonds is 4. The van der Waals surface area contributed by atoms with Gasteiger partial charge >= 0.3 is 6.03 Å². The lowest BCUT2D eigenvalue weighted by Gasteiger charge is -2.41. The van der Waals surface area contributed by atoms with E-state index in [1.54, 1.807) is 0 Å². The zero-order valence-electron chi connectivity index (χ0n) is 14.2. The summed E-state index contributed by atoms with van der Waals surface area (Å²) in [5, 5.41) is 5.52. The highest BCUT2D eigenvalue weighted by atomic mass is 16.2. The van der Waals surface area contributed by atoms with E-state index in [1.807, 2.05) is 35.2 Å². The van der Waals surface area contributed by atoms with Gasteiger partial charge in [-0.15, -0.1) is 0 Å². The average molecular weight is 329 g/mol. The third-order valence-electron chi connectivity index (χ3n) is 5.30. The summed E-state index contributed by atoms with van der Waals surface area (Å²) >= 11 is 0. The van der Waals surface area contributed by atoms with Gasteiger partial charge < -0.3 is 15.5 Å². The van der Waals surface area contributed by atoms with Crippen molar-refractivity contribution in [2.45, 2.75) is 38.5 Å². The minimum Gasteiger partial charge on any atom is -0.342 e. The minimum atomic E-state index is -0.264. The van der Waals surface area contributed by atoms with E-state index in [0.29, 0.717) is 18.9 Å². The monoisotopic (exact) mass is 329 g/mol. The van der Waals surface area contributed by atoms with E-state index < -0.39 is 0 Å². The van der Waals surface area contributed by atoms with Gasteiger partial charge in [0.25, 0.3) is 0 Å². The van der Waals surface area contributed by atoms with Crippen molar-refractivity contribution in [1.29, 1.82) is 0 Å². The molecule has 0 spiro atoms. The van der Waals surface area contributed by atoms with Crippen molar-refractivity contribution in [1.82, 2.24) is 10.2 Å². The van der Waals surface area contributed by atoms with Crippen LogP contribution >= 0.6 is 0 Å². The number of nitrogens with zero attached hydrogens (tertiary/aromatic N) is 1. The Morgan fingerprint density at radius 1 is 1.04 bits per heavy atom. The van der Waals surface area contributed by atoms with Crippen molar-refractivity contribution >= 4 is 17.6 Å². The normalized spacial score (nSPS) is 23.2. The van der Waals surface area contributed by atoms with E-state index in [0.717, 1.165) is 31.1 Å². The molecule has 1 saturated carbocycles. The van der Waals surface area contributed by atoms with Gasteiger partial charge in [0.15, 0.2) is 0 Å². The smallest absolute Gasteiger partial charge is 0.319 e. The molecule has 24 heavy (non-hydrogen) atoms. The first-order valence-corrected chi connectivity index (χ1v) is 9.10. The van der Waals surface area contributed by atoms with Crippen LogP contribution in [0.25, 0.3) is 0 Å². The summed E-state index contributed by atoms with van der Waals surface area (Å²) in [4.78, 5) is 26.2. The number of nitrogens with one attached hydrogen (secondary N) is 2. The summed E-state index contributed by atoms with van der Waals surface area (Å²) in [5.41, 5.74) is 0.751. The lowest BCUT2D eigenvalue weighted by atomic mass is 9.75. The largest absolute Gasteiger partial charge is 0.342 e. The van der Waals surface area contributed by atoms with Crippen molar-refractivity contribution in [3.05, 3.63) is 30.3 Å². The van der Waals surface area contributed by atoms with E-state index in [9.17, 15) is 9.59 Å². The highest BCUT2D eigenvalue weighted by molar-refractivity contribution is 5.89. The van der Waals surface area contributed by atoms with Gasteiger partial charge in [-0.1, -0.05) is 37.5 Å². The van der Waals surface area contributed by atoms with Crippen LogP contribution in [0.3, 0.4) is 0 Å². The molecule has 0 radical (unpaired) electrons. The number of likely N-dealkylation sites (tertiary alicyclic amines) is 1. The van der Waals surface area contributed by atoms with Gasteiger partial charge in [-0.05, 0) is 36.8 Å². The Kier molecular flexibility index (Phi) is 5.72. The lowest BCUT2D eigenvalue weighted by Crippen LogP contribution is -2.45. The number of para-hydroxylation sites is 1. The minimum absolute atomic E-state index is 0.166. The summed E-state index contributed by atoms with van der Waals surface area (Å²) in [5.74, 6) is 1.70. The first-order valence-electron chi connectivity index (χ1n) is 9.10. The summed E-state index contributed by atoms with van der Waals surface area (Å²) < 4.78 is 0. The molecule has 5 heteroatoms. The Bertz CT molecular complexity index is 561. The van der Waals surface area contributed by atoms with Crippen LogP contribution in [0.4, 0.5) is 10.5 Å². The van der Waals surface area contributed by atoms with Crippen molar-refractivity contribution in [3.63, 3.8) is 0 Å². The number of hydrogen-bond donors (Lipinski definition) is 2. The number of carbonyl (C=O) groups is 2. The van der Waals surface area contributed by atoms with Crippen molar-refractivity contribution in [2.24, 2.45) is 11.8 Å². The quantitative estimate of drug-likeness (QED) is 0.891. The molecule has 5 nitrogen and oxygen atoms in total. The molecule has 2 atom stereocenters. The number of benzene rings is 1. The van der Waals surface area contributed by atoms with E-state index in [4.69, 9.17) is 0 Å². The zero-order chi connectivity index (χ0) is 16.8. The second kappa shape index (κ2) is 8.18. The van der Waals surface area contributed by atoms with Crippen LogP contribution in [0, 0.1) is 11.8 Å². The molecule has 0 unspecified atom stereocenters. The molecule has 1 aliphatic carbocycles. The predicted molar refractivity (Wildman–Crippen MR) is 94.7 cm³/mol. The Morgan fingerprint density at radius 3 is 2.58 bits per heavy atom. The number of amides is 3. The number of urea groups is 1.